The third kappa shape index (κ3) is 5.26. The van der Waals surface area contributed by atoms with Crippen LogP contribution in [0.2, 0.25) is 10.0 Å². The normalized spacial score (nSPS) is 13.1. The Labute approximate surface area is 230 Å². The molecule has 1 N–H and O–H groups in total. The minimum Gasteiger partial charge on any atom is -0.301 e. The number of thioether (sulfide) groups is 1. The Morgan fingerprint density at radius 2 is 2.08 bits per heavy atom. The molecule has 0 spiro atoms. The molecule has 0 bridgehead atoms. The summed E-state index contributed by atoms with van der Waals surface area (Å²) in [6.07, 6.45) is 8.15. The van der Waals surface area contributed by atoms with E-state index >= 15 is 0 Å². The molecule has 0 saturated heterocycles. The van der Waals surface area contributed by atoms with E-state index in [1.807, 2.05) is 12.1 Å². The summed E-state index contributed by atoms with van der Waals surface area (Å²) in [5, 5.41) is 5.64. The van der Waals surface area contributed by atoms with Crippen molar-refractivity contribution in [3.05, 3.63) is 78.3 Å². The summed E-state index contributed by atoms with van der Waals surface area (Å²) in [6, 6.07) is 5.52. The van der Waals surface area contributed by atoms with Gasteiger partial charge in [-0.05, 0) is 42.9 Å². The Kier molecular flexibility index (Phi) is 7.83. The van der Waals surface area contributed by atoms with Gasteiger partial charge in [0.05, 0.1) is 21.2 Å². The number of anilines is 1. The topological polar surface area (TPSA) is 76.9 Å². The van der Waals surface area contributed by atoms with Gasteiger partial charge in [0.25, 0.3) is 5.56 Å². The lowest BCUT2D eigenvalue weighted by Gasteiger charge is -2.12. The number of allylic oxidation sites excluding steroid dienone is 1. The molecule has 1 amide bonds. The number of aryl methyl sites for hydroxylation is 2. The van der Waals surface area contributed by atoms with Gasteiger partial charge in [0.1, 0.15) is 4.83 Å². The van der Waals surface area contributed by atoms with E-state index in [9.17, 15) is 9.59 Å². The van der Waals surface area contributed by atoms with E-state index in [-0.39, 0.29) is 17.2 Å². The second kappa shape index (κ2) is 11.1. The number of hydrogen-bond donors (Lipinski definition) is 1. The number of carbonyl (C=O) groups is 1. The molecular weight excluding hydrogens is 555 g/mol. The first kappa shape index (κ1) is 25.5. The molecule has 0 aliphatic heterocycles. The fraction of sp³-hybridized carbons (Fsp3) is 0.280. The molecule has 1 aliphatic carbocycles. The summed E-state index contributed by atoms with van der Waals surface area (Å²) in [6.45, 7) is 4.14. The van der Waals surface area contributed by atoms with Crippen LogP contribution in [0, 0.1) is 0 Å². The molecule has 0 saturated carbocycles. The molecule has 6 nitrogen and oxygen atoms in total. The summed E-state index contributed by atoms with van der Waals surface area (Å²) in [7, 11) is 0. The first-order valence-electron chi connectivity index (χ1n) is 11.4. The summed E-state index contributed by atoms with van der Waals surface area (Å²) >= 11 is 16.6. The Morgan fingerprint density at radius 1 is 1.25 bits per heavy atom. The van der Waals surface area contributed by atoms with Crippen LogP contribution >= 0.6 is 57.6 Å². The number of amides is 1. The lowest BCUT2D eigenvalue weighted by Crippen LogP contribution is -2.24. The fourth-order valence-corrected chi connectivity index (χ4v) is 7.57. The van der Waals surface area contributed by atoms with Gasteiger partial charge < -0.3 is 5.32 Å². The maximum Gasteiger partial charge on any atom is 0.263 e. The second-order valence-electron chi connectivity index (χ2n) is 8.35. The quantitative estimate of drug-likeness (QED) is 0.145. The minimum atomic E-state index is -0.216. The van der Waals surface area contributed by atoms with Crippen LogP contribution < -0.4 is 10.9 Å². The van der Waals surface area contributed by atoms with Gasteiger partial charge in [-0.25, -0.2) is 9.97 Å². The Morgan fingerprint density at radius 3 is 2.92 bits per heavy atom. The lowest BCUT2D eigenvalue weighted by atomic mass is 9.97. The van der Waals surface area contributed by atoms with Crippen molar-refractivity contribution in [2.75, 3.05) is 11.1 Å². The molecule has 0 atom stereocenters. The molecule has 0 radical (unpaired) electrons. The Bertz CT molecular complexity index is 1530. The van der Waals surface area contributed by atoms with E-state index in [1.54, 1.807) is 34.2 Å². The van der Waals surface area contributed by atoms with Gasteiger partial charge in [-0.3, -0.25) is 14.2 Å². The SMILES string of the molecule is C=CCn1c(SCC(=O)Nc2ncc(Cc3cccc(Cl)c3Cl)s2)nc2sc3c(c2c1=O)CCCC3. The largest absolute Gasteiger partial charge is 0.301 e. The maximum atomic E-state index is 13.3. The zero-order valence-electron chi connectivity index (χ0n) is 19.2. The molecule has 36 heavy (non-hydrogen) atoms. The minimum absolute atomic E-state index is 0.0496. The Balaban J connectivity index is 1.29. The number of hydrogen-bond acceptors (Lipinski definition) is 7. The van der Waals surface area contributed by atoms with Gasteiger partial charge in [0, 0.05) is 28.9 Å². The zero-order valence-corrected chi connectivity index (χ0v) is 23.1. The van der Waals surface area contributed by atoms with Crippen LogP contribution in [0.1, 0.15) is 33.7 Å². The predicted molar refractivity (Wildman–Crippen MR) is 151 cm³/mol. The molecular formula is C25H22Cl2N4O2S3. The number of benzene rings is 1. The number of halogens is 2. The number of rotatable bonds is 8. The predicted octanol–water partition coefficient (Wildman–Crippen LogP) is 6.61. The van der Waals surface area contributed by atoms with Crippen molar-refractivity contribution < 1.29 is 4.79 Å². The van der Waals surface area contributed by atoms with Gasteiger partial charge in [-0.15, -0.1) is 29.3 Å². The fourth-order valence-electron chi connectivity index (χ4n) is 4.23. The summed E-state index contributed by atoms with van der Waals surface area (Å²) in [4.78, 5) is 38.1. The lowest BCUT2D eigenvalue weighted by molar-refractivity contribution is -0.113. The smallest absolute Gasteiger partial charge is 0.263 e. The molecule has 186 valence electrons. The second-order valence-corrected chi connectivity index (χ2v) is 12.3. The third-order valence-electron chi connectivity index (χ3n) is 5.88. The number of thiazole rings is 1. The van der Waals surface area contributed by atoms with E-state index < -0.39 is 0 Å². The van der Waals surface area contributed by atoms with Gasteiger partial charge >= 0.3 is 0 Å². The van der Waals surface area contributed by atoms with Crippen LogP contribution in [-0.4, -0.2) is 26.2 Å². The highest BCUT2D eigenvalue weighted by Gasteiger charge is 2.22. The highest BCUT2D eigenvalue weighted by molar-refractivity contribution is 7.99. The first-order valence-corrected chi connectivity index (χ1v) is 14.8. The molecule has 0 unspecified atom stereocenters. The number of carbonyl (C=O) groups excluding carboxylic acids is 1. The Hall–Kier alpha value is -2.17. The van der Waals surface area contributed by atoms with E-state index in [2.05, 4.69) is 16.9 Å². The van der Waals surface area contributed by atoms with Crippen molar-refractivity contribution in [3.63, 3.8) is 0 Å². The molecule has 1 aliphatic rings. The molecule has 11 heteroatoms. The summed E-state index contributed by atoms with van der Waals surface area (Å²) in [5.41, 5.74) is 2.01. The molecule has 1 aromatic carbocycles. The number of aromatic nitrogens is 3. The van der Waals surface area contributed by atoms with Gasteiger partial charge in [0.2, 0.25) is 5.91 Å². The van der Waals surface area contributed by atoms with Crippen LogP contribution in [0.25, 0.3) is 10.2 Å². The molecule has 0 fully saturated rings. The molecule has 5 rings (SSSR count). The average Bonchev–Trinajstić information content (AvgIpc) is 3.46. The van der Waals surface area contributed by atoms with Gasteiger partial charge in [-0.2, -0.15) is 0 Å². The van der Waals surface area contributed by atoms with Crippen molar-refractivity contribution in [1.82, 2.24) is 14.5 Å². The maximum absolute atomic E-state index is 13.3. The van der Waals surface area contributed by atoms with Crippen molar-refractivity contribution >= 4 is 78.9 Å². The average molecular weight is 578 g/mol. The summed E-state index contributed by atoms with van der Waals surface area (Å²) in [5.74, 6) is -0.110. The van der Waals surface area contributed by atoms with Gasteiger partial charge in [-0.1, -0.05) is 53.2 Å². The van der Waals surface area contributed by atoms with Crippen LogP contribution in [0.4, 0.5) is 5.13 Å². The van der Waals surface area contributed by atoms with Crippen LogP contribution in [0.15, 0.2) is 47.0 Å². The molecule has 4 aromatic rings. The number of fused-ring (bicyclic) bond motifs is 3. The number of nitrogens with zero attached hydrogens (tertiary/aromatic N) is 3. The highest BCUT2D eigenvalue weighted by Crippen LogP contribution is 2.35. The van der Waals surface area contributed by atoms with Crippen LogP contribution in [-0.2, 0) is 30.6 Å². The van der Waals surface area contributed by atoms with E-state index in [0.717, 1.165) is 51.9 Å². The van der Waals surface area contributed by atoms with Crippen LogP contribution in [0.5, 0.6) is 0 Å². The van der Waals surface area contributed by atoms with Gasteiger partial charge in [0.15, 0.2) is 10.3 Å². The zero-order chi connectivity index (χ0) is 25.2. The molecule has 3 heterocycles. The number of thiophene rings is 1. The van der Waals surface area contributed by atoms with E-state index in [0.29, 0.717) is 33.3 Å². The first-order chi connectivity index (χ1) is 17.4. The standard InChI is InChI=1S/C25H22Cl2N4O2S3/c1-2-10-31-23(33)20-16-7-3-4-9-18(16)36-22(20)30-25(31)34-13-19(32)29-24-28-12-15(35-24)11-14-6-5-8-17(26)21(14)27/h2,5-6,8,12H,1,3-4,7,9-11,13H2,(H,28,29,32). The third-order valence-corrected chi connectivity index (χ3v) is 9.81. The van der Waals surface area contributed by atoms with Crippen molar-refractivity contribution in [1.29, 1.82) is 0 Å². The van der Waals surface area contributed by atoms with E-state index in [1.165, 1.54) is 28.0 Å². The van der Waals surface area contributed by atoms with Crippen molar-refractivity contribution in [2.24, 2.45) is 0 Å². The molecule has 3 aromatic heterocycles. The summed E-state index contributed by atoms with van der Waals surface area (Å²) < 4.78 is 1.62. The van der Waals surface area contributed by atoms with Crippen molar-refractivity contribution in [2.45, 2.75) is 43.8 Å². The van der Waals surface area contributed by atoms with E-state index in [4.69, 9.17) is 28.2 Å². The van der Waals surface area contributed by atoms with Crippen molar-refractivity contribution in [3.8, 4) is 0 Å². The van der Waals surface area contributed by atoms with Crippen LogP contribution in [0.3, 0.4) is 0 Å². The number of nitrogens with one attached hydrogen (secondary N) is 1. The monoisotopic (exact) mass is 576 g/mol. The highest BCUT2D eigenvalue weighted by atomic mass is 35.5.